The second-order valence-corrected chi connectivity index (χ2v) is 14.6. The third-order valence-corrected chi connectivity index (χ3v) is 9.47. The number of nitrogens with one attached hydrogen (secondary N) is 2. The monoisotopic (exact) mass is 722 g/mol. The third-order valence-electron chi connectivity index (χ3n) is 7.31. The Balaban J connectivity index is 1.54. The normalized spacial score (nSPS) is 14.6. The van der Waals surface area contributed by atoms with Crippen LogP contribution in [0.3, 0.4) is 0 Å². The van der Waals surface area contributed by atoms with Gasteiger partial charge in [-0.05, 0) is 54.9 Å². The number of nitrogens with zero attached hydrogens (tertiary/aromatic N) is 4. The summed E-state index contributed by atoms with van der Waals surface area (Å²) in [4.78, 5) is 37.8. The second kappa shape index (κ2) is 18.4. The minimum atomic E-state index is -4.21. The van der Waals surface area contributed by atoms with Gasteiger partial charge in [-0.15, -0.1) is 11.8 Å². The number of ether oxygens (including phenoxy) is 1. The molecule has 0 aliphatic heterocycles. The van der Waals surface area contributed by atoms with E-state index < -0.39 is 34.2 Å². The Morgan fingerprint density at radius 3 is 2.60 bits per heavy atom. The van der Waals surface area contributed by atoms with Gasteiger partial charge in [-0.25, -0.2) is 13.2 Å². The molecule has 13 nitrogen and oxygen atoms in total. The SMILES string of the molecule is CSC=N/C=C(\C)COC(=O)N[C@@H](Cc1ccccc1)[C@H](O)CN(CC(C)C)S(=O)(=O)C1=Cc2oc(NC(=O)c3ccncc3)nc2CC=C1. The lowest BCUT2D eigenvalue weighted by Crippen LogP contribution is -2.51. The smallest absolute Gasteiger partial charge is 0.407 e. The van der Waals surface area contributed by atoms with E-state index in [0.29, 0.717) is 16.8 Å². The van der Waals surface area contributed by atoms with Crippen molar-refractivity contribution in [2.45, 2.75) is 45.8 Å². The first kappa shape index (κ1) is 38.2. The number of thioether (sulfide) groups is 1. The molecule has 2 heterocycles. The number of hydrogen-bond donors (Lipinski definition) is 3. The van der Waals surface area contributed by atoms with E-state index in [4.69, 9.17) is 9.15 Å². The number of benzene rings is 1. The maximum Gasteiger partial charge on any atom is 0.407 e. The van der Waals surface area contributed by atoms with Crippen molar-refractivity contribution in [3.8, 4) is 0 Å². The Bertz CT molecular complexity index is 1820. The molecule has 0 bridgehead atoms. The van der Waals surface area contributed by atoms with Gasteiger partial charge >= 0.3 is 12.1 Å². The highest BCUT2D eigenvalue weighted by Crippen LogP contribution is 2.27. The summed E-state index contributed by atoms with van der Waals surface area (Å²) in [7, 11) is -4.21. The molecule has 1 aliphatic carbocycles. The highest BCUT2D eigenvalue weighted by molar-refractivity contribution is 8.11. The van der Waals surface area contributed by atoms with Gasteiger partial charge in [0.15, 0.2) is 5.76 Å². The van der Waals surface area contributed by atoms with E-state index >= 15 is 0 Å². The van der Waals surface area contributed by atoms with Crippen molar-refractivity contribution in [2.24, 2.45) is 10.9 Å². The van der Waals surface area contributed by atoms with E-state index in [1.165, 1.54) is 40.6 Å². The zero-order valence-electron chi connectivity index (χ0n) is 28.4. The van der Waals surface area contributed by atoms with Gasteiger partial charge in [0.25, 0.3) is 5.91 Å². The molecule has 15 heteroatoms. The zero-order valence-corrected chi connectivity index (χ0v) is 30.0. The molecule has 2 amide bonds. The number of aliphatic hydroxyl groups excluding tert-OH is 1. The number of sulfonamides is 1. The largest absolute Gasteiger partial charge is 0.445 e. The van der Waals surface area contributed by atoms with Crippen molar-refractivity contribution >= 4 is 51.4 Å². The third kappa shape index (κ3) is 11.2. The van der Waals surface area contributed by atoms with Crippen LogP contribution in [0.2, 0.25) is 0 Å². The Kier molecular flexibility index (Phi) is 14.1. The summed E-state index contributed by atoms with van der Waals surface area (Å²) >= 11 is 1.44. The van der Waals surface area contributed by atoms with Crippen LogP contribution in [0.15, 0.2) is 93.1 Å². The number of oxazole rings is 1. The highest BCUT2D eigenvalue weighted by Gasteiger charge is 2.33. The van der Waals surface area contributed by atoms with Crippen molar-refractivity contribution < 1.29 is 32.3 Å². The molecule has 0 saturated carbocycles. The minimum Gasteiger partial charge on any atom is -0.445 e. The molecule has 0 fully saturated rings. The lowest BCUT2D eigenvalue weighted by atomic mass is 10.0. The summed E-state index contributed by atoms with van der Waals surface area (Å²) < 4.78 is 40.8. The number of carbonyl (C=O) groups excluding carboxylic acids is 2. The van der Waals surface area contributed by atoms with E-state index in [2.05, 4.69) is 25.6 Å². The molecule has 4 rings (SSSR count). The maximum atomic E-state index is 14.2. The Morgan fingerprint density at radius 1 is 1.16 bits per heavy atom. The number of allylic oxidation sites excluding steroid dienone is 2. The van der Waals surface area contributed by atoms with Crippen LogP contribution >= 0.6 is 11.8 Å². The van der Waals surface area contributed by atoms with Crippen LogP contribution in [-0.4, -0.2) is 83.4 Å². The summed E-state index contributed by atoms with van der Waals surface area (Å²) in [5.41, 5.74) is 3.99. The fourth-order valence-corrected chi connectivity index (χ4v) is 6.76. The van der Waals surface area contributed by atoms with Gasteiger partial charge in [-0.1, -0.05) is 50.3 Å². The molecule has 2 aromatic heterocycles. The number of carbonyl (C=O) groups is 2. The van der Waals surface area contributed by atoms with E-state index in [0.717, 1.165) is 5.56 Å². The van der Waals surface area contributed by atoms with Crippen molar-refractivity contribution in [2.75, 3.05) is 31.3 Å². The molecule has 0 unspecified atom stereocenters. The number of alkyl carbamates (subject to hydrolysis) is 1. The van der Waals surface area contributed by atoms with Crippen LogP contribution < -0.4 is 10.6 Å². The number of hydrogen-bond acceptors (Lipinski definition) is 11. The standard InChI is InChI=1S/C35H42N6O7S2/c1-24(2)20-41(21-31(42)30(17-26-9-6-5-7-10-26)39-35(44)47-22-25(3)19-37-23-49-4)50(45,46)28-11-8-12-29-32(18-28)48-34(38-29)40-33(43)27-13-15-36-16-14-27/h5-11,13-16,18-19,23-24,30-31,42H,12,17,20-22H2,1-4H3,(H,39,44)(H,38,40,43)/b25-19+,37-23?/t30-,31+/m0/s1. The molecule has 1 aromatic carbocycles. The number of amides is 2. The van der Waals surface area contributed by atoms with Gasteiger partial charge in [-0.3, -0.25) is 20.1 Å². The van der Waals surface area contributed by atoms with Crippen molar-refractivity contribution in [3.05, 3.63) is 106 Å². The number of aromatic nitrogens is 2. The molecular formula is C35H42N6O7S2. The summed E-state index contributed by atoms with van der Waals surface area (Å²) in [6.45, 7) is 5.27. The van der Waals surface area contributed by atoms with Gasteiger partial charge in [0, 0.05) is 49.7 Å². The Morgan fingerprint density at radius 2 is 1.90 bits per heavy atom. The van der Waals surface area contributed by atoms with Crippen LogP contribution in [0.5, 0.6) is 0 Å². The molecule has 50 heavy (non-hydrogen) atoms. The van der Waals surface area contributed by atoms with E-state index in [9.17, 15) is 23.1 Å². The zero-order chi connectivity index (χ0) is 36.1. The van der Waals surface area contributed by atoms with E-state index in [1.807, 2.05) is 50.4 Å². The van der Waals surface area contributed by atoms with Crippen LogP contribution in [0.1, 0.15) is 48.1 Å². The predicted molar refractivity (Wildman–Crippen MR) is 195 cm³/mol. The maximum absolute atomic E-state index is 14.2. The molecule has 0 spiro atoms. The molecule has 266 valence electrons. The van der Waals surface area contributed by atoms with Crippen molar-refractivity contribution in [3.63, 3.8) is 0 Å². The number of fused-ring (bicyclic) bond motifs is 1. The average molecular weight is 723 g/mol. The highest BCUT2D eigenvalue weighted by atomic mass is 32.2. The first-order chi connectivity index (χ1) is 24.0. The predicted octanol–water partition coefficient (Wildman–Crippen LogP) is 5.06. The number of aliphatic hydroxyl groups is 1. The fourth-order valence-electron chi connectivity index (χ4n) is 4.92. The molecule has 2 atom stereocenters. The van der Waals surface area contributed by atoms with Crippen molar-refractivity contribution in [1.29, 1.82) is 0 Å². The van der Waals surface area contributed by atoms with Gasteiger partial charge in [0.1, 0.15) is 6.61 Å². The lowest BCUT2D eigenvalue weighted by molar-refractivity contribution is 0.0917. The minimum absolute atomic E-state index is 0.0151. The molecular weight excluding hydrogens is 681 g/mol. The van der Waals surface area contributed by atoms with Crippen LogP contribution in [0.4, 0.5) is 10.8 Å². The number of rotatable bonds is 16. The van der Waals surface area contributed by atoms with Gasteiger partial charge < -0.3 is 19.6 Å². The van der Waals surface area contributed by atoms with Gasteiger partial charge in [0.05, 0.1) is 28.3 Å². The molecule has 3 N–H and O–H groups in total. The molecule has 1 aliphatic rings. The fraction of sp³-hybridized carbons (Fsp3) is 0.343. The summed E-state index contributed by atoms with van der Waals surface area (Å²) in [6, 6.07) is 11.4. The molecule has 3 aromatic rings. The number of pyridine rings is 1. The Hall–Kier alpha value is -4.57. The van der Waals surface area contributed by atoms with E-state index in [-0.39, 0.29) is 55.1 Å². The van der Waals surface area contributed by atoms with Crippen LogP contribution in [0, 0.1) is 5.92 Å². The summed E-state index contributed by atoms with van der Waals surface area (Å²) in [5, 5.41) is 16.9. The first-order valence-electron chi connectivity index (χ1n) is 15.9. The molecule has 0 saturated heterocycles. The summed E-state index contributed by atoms with van der Waals surface area (Å²) in [6.07, 6.45) is 9.32. The van der Waals surface area contributed by atoms with E-state index in [1.54, 1.807) is 36.9 Å². The molecule has 0 radical (unpaired) electrons. The second-order valence-electron chi connectivity index (χ2n) is 11.9. The first-order valence-corrected chi connectivity index (χ1v) is 18.6. The van der Waals surface area contributed by atoms with Crippen molar-refractivity contribution in [1.82, 2.24) is 19.6 Å². The van der Waals surface area contributed by atoms with Gasteiger partial charge in [-0.2, -0.15) is 9.29 Å². The Labute approximate surface area is 296 Å². The number of aliphatic imine (C=N–C) groups is 1. The van der Waals surface area contributed by atoms with Crippen LogP contribution in [-0.2, 0) is 27.6 Å². The van der Waals surface area contributed by atoms with Crippen LogP contribution in [0.25, 0.3) is 6.08 Å². The topological polar surface area (TPSA) is 176 Å². The van der Waals surface area contributed by atoms with Gasteiger partial charge in [0.2, 0.25) is 10.0 Å². The summed E-state index contributed by atoms with van der Waals surface area (Å²) in [5.74, 6) is -0.376. The average Bonchev–Trinajstić information content (AvgIpc) is 3.35. The number of anilines is 1. The quantitative estimate of drug-likeness (QED) is 0.134. The lowest BCUT2D eigenvalue weighted by Gasteiger charge is -2.30.